The minimum absolute atomic E-state index is 0.158. The number of hydrogen-bond donors (Lipinski definition) is 2. The topological polar surface area (TPSA) is 83.3 Å². The van der Waals surface area contributed by atoms with Crippen LogP contribution in [0.3, 0.4) is 0 Å². The Morgan fingerprint density at radius 3 is 2.55 bits per heavy atom. The largest absolute Gasteiger partial charge is 0.338 e. The molecule has 0 radical (unpaired) electrons. The molecule has 3 aromatic rings. The van der Waals surface area contributed by atoms with Crippen LogP contribution < -0.4 is 10.6 Å². The predicted molar refractivity (Wildman–Crippen MR) is 111 cm³/mol. The molecule has 0 spiro atoms. The van der Waals surface area contributed by atoms with Crippen molar-refractivity contribution < 1.29 is 9.32 Å². The summed E-state index contributed by atoms with van der Waals surface area (Å²) < 4.78 is 5.43. The first-order chi connectivity index (χ1) is 14.2. The molecular weight excluding hydrogens is 366 g/mol. The maximum atomic E-state index is 12.1. The van der Waals surface area contributed by atoms with Crippen LogP contribution in [0.1, 0.15) is 24.3 Å². The van der Waals surface area contributed by atoms with Crippen molar-refractivity contribution in [2.24, 2.45) is 0 Å². The average molecular weight is 391 g/mol. The van der Waals surface area contributed by atoms with Crippen molar-refractivity contribution in [2.75, 3.05) is 18.4 Å². The van der Waals surface area contributed by atoms with E-state index in [4.69, 9.17) is 4.52 Å². The fourth-order valence-electron chi connectivity index (χ4n) is 3.44. The van der Waals surface area contributed by atoms with Crippen molar-refractivity contribution in [3.05, 3.63) is 66.1 Å². The highest BCUT2D eigenvalue weighted by Gasteiger charge is 2.22. The third-order valence-electron chi connectivity index (χ3n) is 5.09. The van der Waals surface area contributed by atoms with E-state index in [2.05, 4.69) is 32.6 Å². The molecule has 2 amide bonds. The number of amides is 2. The molecule has 2 aromatic carbocycles. The number of nitrogens with zero attached hydrogens (tertiary/aromatic N) is 3. The number of anilines is 1. The number of aryl methyl sites for hydroxylation is 1. The molecule has 0 unspecified atom stereocenters. The Hall–Kier alpha value is -3.19. The second kappa shape index (κ2) is 8.87. The smallest absolute Gasteiger partial charge is 0.319 e. The molecule has 0 aliphatic carbocycles. The SMILES string of the molecule is Cc1ccc(-c2noc(CN3CCC(NC(=O)Nc4ccccc4)CC3)n2)cc1. The number of rotatable bonds is 5. The molecule has 29 heavy (non-hydrogen) atoms. The number of carbonyl (C=O) groups is 1. The highest BCUT2D eigenvalue weighted by Crippen LogP contribution is 2.18. The molecule has 1 aliphatic rings. The number of urea groups is 1. The van der Waals surface area contributed by atoms with Gasteiger partial charge in [0.1, 0.15) is 0 Å². The van der Waals surface area contributed by atoms with Gasteiger partial charge in [0.05, 0.1) is 6.54 Å². The quantitative estimate of drug-likeness (QED) is 0.691. The lowest BCUT2D eigenvalue weighted by Gasteiger charge is -2.31. The zero-order valence-electron chi connectivity index (χ0n) is 16.5. The van der Waals surface area contributed by atoms with E-state index in [1.807, 2.05) is 54.6 Å². The normalized spacial score (nSPS) is 15.2. The molecule has 2 N–H and O–H groups in total. The molecule has 0 saturated carbocycles. The first-order valence-corrected chi connectivity index (χ1v) is 9.90. The number of carbonyl (C=O) groups excluding carboxylic acids is 1. The molecule has 0 bridgehead atoms. The van der Waals surface area contributed by atoms with Crippen LogP contribution in [-0.4, -0.2) is 40.2 Å². The molecule has 150 valence electrons. The van der Waals surface area contributed by atoms with E-state index in [1.165, 1.54) is 5.56 Å². The van der Waals surface area contributed by atoms with Crippen molar-refractivity contribution in [3.63, 3.8) is 0 Å². The van der Waals surface area contributed by atoms with Crippen LogP contribution in [-0.2, 0) is 6.54 Å². The number of hydrogen-bond acceptors (Lipinski definition) is 5. The summed E-state index contributed by atoms with van der Waals surface area (Å²) in [6.07, 6.45) is 1.78. The van der Waals surface area contributed by atoms with Crippen LogP contribution in [0.25, 0.3) is 11.4 Å². The van der Waals surface area contributed by atoms with Gasteiger partial charge in [-0.25, -0.2) is 4.79 Å². The Labute approximate surface area is 170 Å². The lowest BCUT2D eigenvalue weighted by atomic mass is 10.1. The minimum atomic E-state index is -0.158. The second-order valence-corrected chi connectivity index (χ2v) is 7.39. The van der Waals surface area contributed by atoms with Crippen molar-refractivity contribution in [1.29, 1.82) is 0 Å². The van der Waals surface area contributed by atoms with E-state index in [0.717, 1.165) is 37.2 Å². The molecule has 7 heteroatoms. The van der Waals surface area contributed by atoms with Gasteiger partial charge in [0, 0.05) is 30.4 Å². The minimum Gasteiger partial charge on any atom is -0.338 e. The monoisotopic (exact) mass is 391 g/mol. The highest BCUT2D eigenvalue weighted by atomic mass is 16.5. The fraction of sp³-hybridized carbons (Fsp3) is 0.318. The van der Waals surface area contributed by atoms with Gasteiger partial charge >= 0.3 is 6.03 Å². The van der Waals surface area contributed by atoms with Gasteiger partial charge in [-0.1, -0.05) is 53.2 Å². The Kier molecular flexibility index (Phi) is 5.86. The van der Waals surface area contributed by atoms with E-state index in [9.17, 15) is 4.79 Å². The lowest BCUT2D eigenvalue weighted by Crippen LogP contribution is -2.45. The van der Waals surface area contributed by atoms with E-state index >= 15 is 0 Å². The fourth-order valence-corrected chi connectivity index (χ4v) is 3.44. The summed E-state index contributed by atoms with van der Waals surface area (Å²) in [6.45, 7) is 4.42. The van der Waals surface area contributed by atoms with Crippen LogP contribution in [0.15, 0.2) is 59.1 Å². The molecular formula is C22H25N5O2. The number of para-hydroxylation sites is 1. The Bertz CT molecular complexity index is 931. The summed E-state index contributed by atoms with van der Waals surface area (Å²) in [7, 11) is 0. The summed E-state index contributed by atoms with van der Waals surface area (Å²) in [5, 5.41) is 10.0. The predicted octanol–water partition coefficient (Wildman–Crippen LogP) is 3.83. The third-order valence-corrected chi connectivity index (χ3v) is 5.09. The average Bonchev–Trinajstić information content (AvgIpc) is 3.19. The maximum absolute atomic E-state index is 12.1. The van der Waals surface area contributed by atoms with Crippen LogP contribution >= 0.6 is 0 Å². The first-order valence-electron chi connectivity index (χ1n) is 9.90. The summed E-state index contributed by atoms with van der Waals surface area (Å²) in [6, 6.07) is 17.6. The van der Waals surface area contributed by atoms with Crippen LogP contribution in [0.2, 0.25) is 0 Å². The van der Waals surface area contributed by atoms with Gasteiger partial charge in [0.2, 0.25) is 11.7 Å². The molecule has 1 aromatic heterocycles. The molecule has 7 nitrogen and oxygen atoms in total. The zero-order chi connectivity index (χ0) is 20.1. The van der Waals surface area contributed by atoms with Gasteiger partial charge in [-0.15, -0.1) is 0 Å². The van der Waals surface area contributed by atoms with E-state index in [-0.39, 0.29) is 12.1 Å². The number of benzene rings is 2. The van der Waals surface area contributed by atoms with E-state index in [0.29, 0.717) is 18.3 Å². The zero-order valence-corrected chi connectivity index (χ0v) is 16.5. The first kappa shape index (κ1) is 19.1. The van der Waals surface area contributed by atoms with Gasteiger partial charge < -0.3 is 15.2 Å². The molecule has 0 atom stereocenters. The molecule has 2 heterocycles. The lowest BCUT2D eigenvalue weighted by molar-refractivity contribution is 0.171. The second-order valence-electron chi connectivity index (χ2n) is 7.39. The van der Waals surface area contributed by atoms with Crippen LogP contribution in [0.5, 0.6) is 0 Å². The Balaban J connectivity index is 1.24. The Morgan fingerprint density at radius 2 is 1.83 bits per heavy atom. The van der Waals surface area contributed by atoms with Gasteiger partial charge in [-0.2, -0.15) is 4.98 Å². The summed E-state index contributed by atoms with van der Waals surface area (Å²) >= 11 is 0. The van der Waals surface area contributed by atoms with E-state index in [1.54, 1.807) is 0 Å². The van der Waals surface area contributed by atoms with Crippen LogP contribution in [0, 0.1) is 6.92 Å². The third kappa shape index (κ3) is 5.20. The van der Waals surface area contributed by atoms with Crippen molar-refractivity contribution in [2.45, 2.75) is 32.4 Å². The van der Waals surface area contributed by atoms with Gasteiger partial charge in [0.25, 0.3) is 0 Å². The number of piperidine rings is 1. The summed E-state index contributed by atoms with van der Waals surface area (Å²) in [5.74, 6) is 1.24. The molecule has 1 saturated heterocycles. The van der Waals surface area contributed by atoms with E-state index < -0.39 is 0 Å². The molecule has 1 aliphatic heterocycles. The maximum Gasteiger partial charge on any atom is 0.319 e. The van der Waals surface area contributed by atoms with Gasteiger partial charge in [-0.3, -0.25) is 4.90 Å². The Morgan fingerprint density at radius 1 is 1.10 bits per heavy atom. The number of nitrogens with one attached hydrogen (secondary N) is 2. The van der Waals surface area contributed by atoms with Gasteiger partial charge in [-0.05, 0) is 31.9 Å². The van der Waals surface area contributed by atoms with Crippen molar-refractivity contribution in [1.82, 2.24) is 20.4 Å². The standard InChI is InChI=1S/C22H25N5O2/c1-16-7-9-17(10-8-16)21-25-20(29-26-21)15-27-13-11-19(12-14-27)24-22(28)23-18-5-3-2-4-6-18/h2-10,19H,11-15H2,1H3,(H2,23,24,28). The summed E-state index contributed by atoms with van der Waals surface area (Å²) in [5.41, 5.74) is 2.95. The number of aromatic nitrogens is 2. The van der Waals surface area contributed by atoms with Gasteiger partial charge in [0.15, 0.2) is 0 Å². The van der Waals surface area contributed by atoms with Crippen LogP contribution in [0.4, 0.5) is 10.5 Å². The molecule has 1 fully saturated rings. The highest BCUT2D eigenvalue weighted by molar-refractivity contribution is 5.89. The summed E-state index contributed by atoms with van der Waals surface area (Å²) in [4.78, 5) is 18.9. The number of likely N-dealkylation sites (tertiary alicyclic amines) is 1. The molecule has 4 rings (SSSR count). The van der Waals surface area contributed by atoms with Crippen molar-refractivity contribution in [3.8, 4) is 11.4 Å². The van der Waals surface area contributed by atoms with Crippen molar-refractivity contribution >= 4 is 11.7 Å².